The van der Waals surface area contributed by atoms with Gasteiger partial charge in [-0.1, -0.05) is 18.2 Å². The van der Waals surface area contributed by atoms with Gasteiger partial charge in [-0.2, -0.15) is 5.10 Å². The fourth-order valence-electron chi connectivity index (χ4n) is 2.25. The van der Waals surface area contributed by atoms with Crippen LogP contribution in [-0.4, -0.2) is 9.78 Å². The lowest BCUT2D eigenvalue weighted by Gasteiger charge is -2.06. The lowest BCUT2D eigenvalue weighted by atomic mass is 10.1. The summed E-state index contributed by atoms with van der Waals surface area (Å²) >= 11 is 2.30. The predicted octanol–water partition coefficient (Wildman–Crippen LogP) is 4.65. The topological polar surface area (TPSA) is 17.8 Å². The molecule has 0 spiro atoms. The zero-order valence-electron chi connectivity index (χ0n) is 11.6. The van der Waals surface area contributed by atoms with Crippen molar-refractivity contribution in [2.24, 2.45) is 0 Å². The van der Waals surface area contributed by atoms with Gasteiger partial charge in [0.25, 0.3) is 0 Å². The van der Waals surface area contributed by atoms with Gasteiger partial charge in [-0.05, 0) is 70.5 Å². The van der Waals surface area contributed by atoms with Crippen molar-refractivity contribution in [3.8, 4) is 11.1 Å². The molecule has 0 amide bonds. The molecule has 0 saturated heterocycles. The molecule has 2 aromatic carbocycles. The molecule has 1 aromatic heterocycles. The molecule has 0 aliphatic rings. The van der Waals surface area contributed by atoms with Crippen molar-refractivity contribution in [1.29, 1.82) is 0 Å². The first-order valence-corrected chi connectivity index (χ1v) is 7.73. The highest BCUT2D eigenvalue weighted by molar-refractivity contribution is 14.1. The largest absolute Gasteiger partial charge is 0.268 e. The van der Waals surface area contributed by atoms with Gasteiger partial charge in [0.2, 0.25) is 0 Å². The lowest BCUT2D eigenvalue weighted by molar-refractivity contribution is 0.618. The Hall–Kier alpha value is -1.69. The van der Waals surface area contributed by atoms with Crippen LogP contribution in [0.15, 0.2) is 54.9 Å². The molecule has 0 fully saturated rings. The molecule has 3 aromatic rings. The molecular formula is C17H14FIN2. The van der Waals surface area contributed by atoms with Crippen LogP contribution in [0.3, 0.4) is 0 Å². The second kappa shape index (κ2) is 5.97. The van der Waals surface area contributed by atoms with E-state index in [4.69, 9.17) is 0 Å². The molecule has 0 radical (unpaired) electrons. The SMILES string of the molecule is Cc1ccc(F)cc1Cn1cc(-c2cccc(I)c2)cn1. The van der Waals surface area contributed by atoms with Crippen LogP contribution in [0.2, 0.25) is 0 Å². The number of benzene rings is 2. The van der Waals surface area contributed by atoms with E-state index in [0.717, 1.165) is 22.3 Å². The molecule has 0 N–H and O–H groups in total. The first-order chi connectivity index (χ1) is 10.1. The number of aryl methyl sites for hydroxylation is 1. The summed E-state index contributed by atoms with van der Waals surface area (Å²) in [5.74, 6) is -0.208. The standard InChI is InChI=1S/C17H14FIN2/c1-12-5-6-16(18)7-14(12)10-21-11-15(9-20-21)13-3-2-4-17(19)8-13/h2-9,11H,10H2,1H3. The van der Waals surface area contributed by atoms with Crippen molar-refractivity contribution in [3.05, 3.63) is 75.4 Å². The average Bonchev–Trinajstić information content (AvgIpc) is 2.91. The third-order valence-corrected chi connectivity index (χ3v) is 4.11. The Morgan fingerprint density at radius 1 is 1.14 bits per heavy atom. The fourth-order valence-corrected chi connectivity index (χ4v) is 2.80. The zero-order chi connectivity index (χ0) is 14.8. The Morgan fingerprint density at radius 2 is 2.00 bits per heavy atom. The van der Waals surface area contributed by atoms with Crippen molar-refractivity contribution in [3.63, 3.8) is 0 Å². The fraction of sp³-hybridized carbons (Fsp3) is 0.118. The molecular weight excluding hydrogens is 378 g/mol. The van der Waals surface area contributed by atoms with Crippen molar-refractivity contribution < 1.29 is 4.39 Å². The van der Waals surface area contributed by atoms with Crippen LogP contribution in [0, 0.1) is 16.3 Å². The highest BCUT2D eigenvalue weighted by Gasteiger charge is 2.05. The molecule has 0 unspecified atom stereocenters. The van der Waals surface area contributed by atoms with E-state index in [2.05, 4.69) is 45.9 Å². The summed E-state index contributed by atoms with van der Waals surface area (Å²) in [6.07, 6.45) is 3.84. The number of hydrogen-bond donors (Lipinski definition) is 0. The van der Waals surface area contributed by atoms with E-state index in [9.17, 15) is 4.39 Å². The first kappa shape index (κ1) is 14.3. The van der Waals surface area contributed by atoms with Crippen LogP contribution in [0.25, 0.3) is 11.1 Å². The molecule has 0 atom stereocenters. The second-order valence-electron chi connectivity index (χ2n) is 5.01. The van der Waals surface area contributed by atoms with Crippen LogP contribution in [0.5, 0.6) is 0 Å². The predicted molar refractivity (Wildman–Crippen MR) is 90.6 cm³/mol. The van der Waals surface area contributed by atoms with Crippen molar-refractivity contribution >= 4 is 22.6 Å². The highest BCUT2D eigenvalue weighted by Crippen LogP contribution is 2.21. The van der Waals surface area contributed by atoms with Crippen molar-refractivity contribution in [2.75, 3.05) is 0 Å². The molecule has 21 heavy (non-hydrogen) atoms. The molecule has 0 aliphatic heterocycles. The van der Waals surface area contributed by atoms with Crippen molar-refractivity contribution in [1.82, 2.24) is 9.78 Å². The maximum absolute atomic E-state index is 13.3. The second-order valence-corrected chi connectivity index (χ2v) is 6.25. The maximum Gasteiger partial charge on any atom is 0.123 e. The maximum atomic E-state index is 13.3. The van der Waals surface area contributed by atoms with E-state index in [1.54, 1.807) is 12.1 Å². The van der Waals surface area contributed by atoms with E-state index >= 15 is 0 Å². The van der Waals surface area contributed by atoms with Crippen LogP contribution < -0.4 is 0 Å². The molecule has 106 valence electrons. The summed E-state index contributed by atoms with van der Waals surface area (Å²) in [4.78, 5) is 0. The van der Waals surface area contributed by atoms with E-state index in [1.807, 2.05) is 30.1 Å². The monoisotopic (exact) mass is 392 g/mol. The van der Waals surface area contributed by atoms with Gasteiger partial charge < -0.3 is 0 Å². The Morgan fingerprint density at radius 3 is 2.81 bits per heavy atom. The van der Waals surface area contributed by atoms with Gasteiger partial charge in [0.1, 0.15) is 5.82 Å². The summed E-state index contributed by atoms with van der Waals surface area (Å²) in [6, 6.07) is 13.1. The van der Waals surface area contributed by atoms with Gasteiger partial charge >= 0.3 is 0 Å². The van der Waals surface area contributed by atoms with Crippen LogP contribution in [0.4, 0.5) is 4.39 Å². The summed E-state index contributed by atoms with van der Waals surface area (Å²) in [5, 5.41) is 4.38. The Balaban J connectivity index is 1.87. The van der Waals surface area contributed by atoms with Crippen molar-refractivity contribution in [2.45, 2.75) is 13.5 Å². The van der Waals surface area contributed by atoms with Gasteiger partial charge in [-0.3, -0.25) is 4.68 Å². The minimum absolute atomic E-state index is 0.208. The Bertz CT molecular complexity index is 780. The minimum atomic E-state index is -0.208. The molecule has 0 saturated carbocycles. The number of aromatic nitrogens is 2. The van der Waals surface area contributed by atoms with Gasteiger partial charge in [0.05, 0.1) is 12.7 Å². The lowest BCUT2D eigenvalue weighted by Crippen LogP contribution is -2.02. The highest BCUT2D eigenvalue weighted by atomic mass is 127. The molecule has 3 rings (SSSR count). The number of halogens is 2. The van der Waals surface area contributed by atoms with E-state index in [0.29, 0.717) is 6.54 Å². The summed E-state index contributed by atoms with van der Waals surface area (Å²) < 4.78 is 16.4. The van der Waals surface area contributed by atoms with Gasteiger partial charge in [-0.25, -0.2) is 4.39 Å². The summed E-state index contributed by atoms with van der Waals surface area (Å²) in [6.45, 7) is 2.56. The van der Waals surface area contributed by atoms with Gasteiger partial charge in [0.15, 0.2) is 0 Å². The van der Waals surface area contributed by atoms with Gasteiger partial charge in [0, 0.05) is 15.3 Å². The molecule has 0 bridgehead atoms. The number of nitrogens with zero attached hydrogens (tertiary/aromatic N) is 2. The molecule has 4 heteroatoms. The third kappa shape index (κ3) is 3.32. The molecule has 1 heterocycles. The molecule has 0 aliphatic carbocycles. The third-order valence-electron chi connectivity index (χ3n) is 3.43. The normalized spacial score (nSPS) is 10.8. The van der Waals surface area contributed by atoms with E-state index in [1.165, 1.54) is 9.64 Å². The summed E-state index contributed by atoms with van der Waals surface area (Å²) in [7, 11) is 0. The van der Waals surface area contributed by atoms with Gasteiger partial charge in [-0.15, -0.1) is 0 Å². The average molecular weight is 392 g/mol. The Labute approximate surface area is 136 Å². The van der Waals surface area contributed by atoms with E-state index < -0.39 is 0 Å². The summed E-state index contributed by atoms with van der Waals surface area (Å²) in [5.41, 5.74) is 4.24. The zero-order valence-corrected chi connectivity index (χ0v) is 13.7. The van der Waals surface area contributed by atoms with Crippen LogP contribution in [0.1, 0.15) is 11.1 Å². The Kier molecular flexibility index (Phi) is 4.05. The smallest absolute Gasteiger partial charge is 0.123 e. The number of hydrogen-bond acceptors (Lipinski definition) is 1. The van der Waals surface area contributed by atoms with Crippen LogP contribution >= 0.6 is 22.6 Å². The van der Waals surface area contributed by atoms with E-state index in [-0.39, 0.29) is 5.82 Å². The van der Waals surface area contributed by atoms with Crippen LogP contribution in [-0.2, 0) is 6.54 Å². The minimum Gasteiger partial charge on any atom is -0.268 e. The molecule has 2 nitrogen and oxygen atoms in total. The number of rotatable bonds is 3. The first-order valence-electron chi connectivity index (χ1n) is 6.65. The quantitative estimate of drug-likeness (QED) is 0.594.